The van der Waals surface area contributed by atoms with Crippen LogP contribution in [-0.2, 0) is 4.74 Å². The molecule has 1 aliphatic rings. The quantitative estimate of drug-likeness (QED) is 0.913. The van der Waals surface area contributed by atoms with Crippen molar-refractivity contribution in [2.24, 2.45) is 0 Å². The summed E-state index contributed by atoms with van der Waals surface area (Å²) in [6.45, 7) is 3.39. The fourth-order valence-electron chi connectivity index (χ4n) is 2.48. The fourth-order valence-corrected chi connectivity index (χ4v) is 3.62. The van der Waals surface area contributed by atoms with Crippen LogP contribution in [0, 0.1) is 6.92 Å². The summed E-state index contributed by atoms with van der Waals surface area (Å²) in [5, 5.41) is 3.88. The Bertz CT molecular complexity index is 645. The van der Waals surface area contributed by atoms with Crippen LogP contribution in [0.15, 0.2) is 18.2 Å². The van der Waals surface area contributed by atoms with Crippen LogP contribution in [0.5, 0.6) is 0 Å². The van der Waals surface area contributed by atoms with Gasteiger partial charge in [-0.1, -0.05) is 12.1 Å². The van der Waals surface area contributed by atoms with Crippen molar-refractivity contribution >= 4 is 33.0 Å². The number of rotatable bonds is 3. The van der Waals surface area contributed by atoms with Gasteiger partial charge >= 0.3 is 0 Å². The summed E-state index contributed by atoms with van der Waals surface area (Å²) >= 11 is 1.45. The molecule has 1 saturated heterocycles. The fraction of sp³-hybridized carbons (Fsp3) is 0.400. The van der Waals surface area contributed by atoms with Gasteiger partial charge in [-0.2, -0.15) is 0 Å². The second kappa shape index (κ2) is 5.42. The van der Waals surface area contributed by atoms with Crippen LogP contribution in [0.1, 0.15) is 28.1 Å². The lowest BCUT2D eigenvalue weighted by atomic mass is 10.1. The van der Waals surface area contributed by atoms with Gasteiger partial charge in [0.2, 0.25) is 0 Å². The van der Waals surface area contributed by atoms with Gasteiger partial charge in [0.15, 0.2) is 0 Å². The van der Waals surface area contributed by atoms with Crippen molar-refractivity contribution in [3.63, 3.8) is 0 Å². The SMILES string of the molecule is Cc1ccc2c(N)c(C(=O)NCC3CCCO3)sc2c1. The largest absolute Gasteiger partial charge is 0.397 e. The molecule has 0 spiro atoms. The molecule has 0 radical (unpaired) electrons. The molecule has 2 heterocycles. The van der Waals surface area contributed by atoms with E-state index >= 15 is 0 Å². The number of nitrogens with two attached hydrogens (primary N) is 1. The highest BCUT2D eigenvalue weighted by atomic mass is 32.1. The Labute approximate surface area is 121 Å². The van der Waals surface area contributed by atoms with E-state index in [1.165, 1.54) is 16.9 Å². The molecule has 4 nitrogen and oxygen atoms in total. The average molecular weight is 290 g/mol. The predicted molar refractivity (Wildman–Crippen MR) is 82.3 cm³/mol. The molecule has 2 aromatic rings. The summed E-state index contributed by atoms with van der Waals surface area (Å²) in [5.41, 5.74) is 7.84. The summed E-state index contributed by atoms with van der Waals surface area (Å²) in [7, 11) is 0. The lowest BCUT2D eigenvalue weighted by molar-refractivity contribution is 0.0862. The summed E-state index contributed by atoms with van der Waals surface area (Å²) in [6.07, 6.45) is 2.24. The average Bonchev–Trinajstić information content (AvgIpc) is 3.04. The third kappa shape index (κ3) is 2.51. The van der Waals surface area contributed by atoms with Crippen LogP contribution in [0.2, 0.25) is 0 Å². The highest BCUT2D eigenvalue weighted by Gasteiger charge is 2.19. The van der Waals surface area contributed by atoms with Gasteiger partial charge in [0.25, 0.3) is 5.91 Å². The molecule has 3 N–H and O–H groups in total. The summed E-state index contributed by atoms with van der Waals surface area (Å²) < 4.78 is 6.56. The highest BCUT2D eigenvalue weighted by Crippen LogP contribution is 2.34. The zero-order valence-corrected chi connectivity index (χ0v) is 12.3. The van der Waals surface area contributed by atoms with Crippen LogP contribution in [0.25, 0.3) is 10.1 Å². The molecular formula is C15H18N2O2S. The Balaban J connectivity index is 1.78. The molecule has 1 aromatic heterocycles. The van der Waals surface area contributed by atoms with E-state index in [1.807, 2.05) is 19.1 Å². The number of hydrogen-bond donors (Lipinski definition) is 2. The van der Waals surface area contributed by atoms with Crippen molar-refractivity contribution in [2.45, 2.75) is 25.9 Å². The molecule has 1 atom stereocenters. The number of nitrogens with one attached hydrogen (secondary N) is 1. The van der Waals surface area contributed by atoms with Crippen LogP contribution >= 0.6 is 11.3 Å². The Morgan fingerprint density at radius 1 is 1.55 bits per heavy atom. The molecule has 5 heteroatoms. The lowest BCUT2D eigenvalue weighted by Gasteiger charge is -2.10. The van der Waals surface area contributed by atoms with E-state index in [0.717, 1.165) is 29.5 Å². The van der Waals surface area contributed by atoms with Gasteiger partial charge < -0.3 is 15.8 Å². The number of thiophene rings is 1. The molecule has 1 aromatic carbocycles. The Morgan fingerprint density at radius 3 is 3.15 bits per heavy atom. The molecule has 0 bridgehead atoms. The summed E-state index contributed by atoms with van der Waals surface area (Å²) in [6, 6.07) is 6.06. The smallest absolute Gasteiger partial charge is 0.263 e. The molecule has 0 saturated carbocycles. The van der Waals surface area contributed by atoms with E-state index in [0.29, 0.717) is 17.1 Å². The van der Waals surface area contributed by atoms with Crippen molar-refractivity contribution in [3.05, 3.63) is 28.6 Å². The highest BCUT2D eigenvalue weighted by molar-refractivity contribution is 7.21. The van der Waals surface area contributed by atoms with Crippen LogP contribution in [0.4, 0.5) is 5.69 Å². The number of anilines is 1. The second-order valence-electron chi connectivity index (χ2n) is 5.19. The third-order valence-electron chi connectivity index (χ3n) is 3.60. The maximum absolute atomic E-state index is 12.2. The minimum absolute atomic E-state index is 0.100. The van der Waals surface area contributed by atoms with Crippen molar-refractivity contribution in [2.75, 3.05) is 18.9 Å². The maximum Gasteiger partial charge on any atom is 0.263 e. The van der Waals surface area contributed by atoms with Crippen molar-refractivity contribution in [1.82, 2.24) is 5.32 Å². The first-order valence-corrected chi connectivity index (χ1v) is 7.65. The number of benzene rings is 1. The first-order valence-electron chi connectivity index (χ1n) is 6.83. The molecule has 3 rings (SSSR count). The zero-order valence-electron chi connectivity index (χ0n) is 11.4. The van der Waals surface area contributed by atoms with Gasteiger partial charge in [0.1, 0.15) is 4.88 Å². The van der Waals surface area contributed by atoms with Gasteiger partial charge in [-0.15, -0.1) is 11.3 Å². The van der Waals surface area contributed by atoms with Crippen molar-refractivity contribution < 1.29 is 9.53 Å². The maximum atomic E-state index is 12.2. The van der Waals surface area contributed by atoms with Gasteiger partial charge in [0.05, 0.1) is 11.8 Å². The number of fused-ring (bicyclic) bond motifs is 1. The molecule has 1 aliphatic heterocycles. The normalized spacial score (nSPS) is 18.6. The number of carbonyl (C=O) groups excluding carboxylic acids is 1. The van der Waals surface area contributed by atoms with E-state index in [-0.39, 0.29) is 12.0 Å². The Morgan fingerprint density at radius 2 is 2.40 bits per heavy atom. The standard InChI is InChI=1S/C15H18N2O2S/c1-9-4-5-11-12(7-9)20-14(13(11)16)15(18)17-8-10-3-2-6-19-10/h4-5,7,10H,2-3,6,8,16H2,1H3,(H,17,18). The third-order valence-corrected chi connectivity index (χ3v) is 4.77. The molecule has 1 unspecified atom stereocenters. The summed E-state index contributed by atoms with van der Waals surface area (Å²) in [4.78, 5) is 12.8. The molecule has 1 fully saturated rings. The minimum atomic E-state index is -0.100. The lowest BCUT2D eigenvalue weighted by Crippen LogP contribution is -2.31. The number of carbonyl (C=O) groups is 1. The monoisotopic (exact) mass is 290 g/mol. The topological polar surface area (TPSA) is 64.4 Å². The number of ether oxygens (including phenoxy) is 1. The molecule has 0 aliphatic carbocycles. The minimum Gasteiger partial charge on any atom is -0.397 e. The van der Waals surface area contributed by atoms with E-state index in [1.54, 1.807) is 0 Å². The first kappa shape index (κ1) is 13.4. The predicted octanol–water partition coefficient (Wildman–Crippen LogP) is 2.70. The number of nitrogen functional groups attached to an aromatic ring is 1. The number of aryl methyl sites for hydroxylation is 1. The van der Waals surface area contributed by atoms with E-state index < -0.39 is 0 Å². The molecule has 106 valence electrons. The Kier molecular flexibility index (Phi) is 3.63. The van der Waals surface area contributed by atoms with Crippen molar-refractivity contribution in [3.8, 4) is 0 Å². The molecule has 1 amide bonds. The summed E-state index contributed by atoms with van der Waals surface area (Å²) in [5.74, 6) is -0.100. The van der Waals surface area contributed by atoms with Gasteiger partial charge in [-0.3, -0.25) is 4.79 Å². The molecular weight excluding hydrogens is 272 g/mol. The van der Waals surface area contributed by atoms with E-state index in [9.17, 15) is 4.79 Å². The van der Waals surface area contributed by atoms with E-state index in [2.05, 4.69) is 11.4 Å². The van der Waals surface area contributed by atoms with Gasteiger partial charge in [-0.05, 0) is 31.4 Å². The van der Waals surface area contributed by atoms with Crippen LogP contribution < -0.4 is 11.1 Å². The van der Waals surface area contributed by atoms with Gasteiger partial charge in [-0.25, -0.2) is 0 Å². The van der Waals surface area contributed by atoms with E-state index in [4.69, 9.17) is 10.5 Å². The van der Waals surface area contributed by atoms with Crippen LogP contribution in [0.3, 0.4) is 0 Å². The molecule has 20 heavy (non-hydrogen) atoms. The van der Waals surface area contributed by atoms with Crippen molar-refractivity contribution in [1.29, 1.82) is 0 Å². The Hall–Kier alpha value is -1.59. The first-order chi connectivity index (χ1) is 9.65. The second-order valence-corrected chi connectivity index (χ2v) is 6.24. The number of amides is 1. The zero-order chi connectivity index (χ0) is 14.1. The van der Waals surface area contributed by atoms with Crippen LogP contribution in [-0.4, -0.2) is 25.2 Å². The van der Waals surface area contributed by atoms with Gasteiger partial charge in [0, 0.05) is 23.2 Å². The number of hydrogen-bond acceptors (Lipinski definition) is 4.